The molecule has 1 aliphatic rings. The molecule has 7 nitrogen and oxygen atoms in total. The number of rotatable bonds is 9. The van der Waals surface area contributed by atoms with Crippen LogP contribution in [0, 0.1) is 5.92 Å². The summed E-state index contributed by atoms with van der Waals surface area (Å²) in [6.07, 6.45) is 2.00. The molecule has 0 saturated carbocycles. The highest BCUT2D eigenvalue weighted by Gasteiger charge is 2.25. The minimum absolute atomic E-state index is 0.136. The van der Waals surface area contributed by atoms with Gasteiger partial charge in [0.05, 0.1) is 18.0 Å². The number of likely N-dealkylation sites (tertiary alicyclic amines) is 1. The van der Waals surface area contributed by atoms with Crippen LogP contribution in [0.25, 0.3) is 0 Å². The summed E-state index contributed by atoms with van der Waals surface area (Å²) in [5.74, 6) is 0.958. The van der Waals surface area contributed by atoms with Crippen molar-refractivity contribution >= 4 is 38.9 Å². The number of carbonyl (C=O) groups excluding carboxylic acids is 1. The van der Waals surface area contributed by atoms with E-state index in [2.05, 4.69) is 22.3 Å². The first-order chi connectivity index (χ1) is 14.8. The molecular formula is C21H28ClN3O4S2. The van der Waals surface area contributed by atoms with Crippen molar-refractivity contribution < 1.29 is 17.9 Å². The molecule has 1 aliphatic heterocycles. The lowest BCUT2D eigenvalue weighted by Gasteiger charge is -2.32. The normalized spacial score (nSPS) is 15.9. The Labute approximate surface area is 193 Å². The lowest BCUT2D eigenvalue weighted by atomic mass is 9.96. The van der Waals surface area contributed by atoms with Crippen molar-refractivity contribution in [2.75, 3.05) is 40.3 Å². The zero-order valence-electron chi connectivity index (χ0n) is 17.7. The molecule has 0 spiro atoms. The van der Waals surface area contributed by atoms with Crippen LogP contribution in [-0.4, -0.2) is 63.9 Å². The summed E-state index contributed by atoms with van der Waals surface area (Å²) in [6.45, 7) is 3.19. The monoisotopic (exact) mass is 485 g/mol. The van der Waals surface area contributed by atoms with Gasteiger partial charge in [-0.05, 0) is 61.7 Å². The average molecular weight is 486 g/mol. The molecule has 0 bridgehead atoms. The molecule has 0 aliphatic carbocycles. The second kappa shape index (κ2) is 10.8. The molecule has 0 radical (unpaired) electrons. The Morgan fingerprint density at radius 3 is 2.48 bits per heavy atom. The van der Waals surface area contributed by atoms with Crippen LogP contribution in [0.15, 0.2) is 40.6 Å². The van der Waals surface area contributed by atoms with Gasteiger partial charge in [-0.1, -0.05) is 23.7 Å². The van der Waals surface area contributed by atoms with E-state index in [-0.39, 0.29) is 16.7 Å². The van der Waals surface area contributed by atoms with Gasteiger partial charge < -0.3 is 10.1 Å². The van der Waals surface area contributed by atoms with E-state index in [0.29, 0.717) is 16.8 Å². The summed E-state index contributed by atoms with van der Waals surface area (Å²) in [4.78, 5) is 14.7. The summed E-state index contributed by atoms with van der Waals surface area (Å²) < 4.78 is 31.8. The molecule has 1 fully saturated rings. The number of amides is 1. The first-order valence-electron chi connectivity index (χ1n) is 10.1. The minimum Gasteiger partial charge on any atom is -0.497 e. The molecule has 170 valence electrons. The third kappa shape index (κ3) is 6.66. The molecule has 1 aromatic heterocycles. The molecule has 0 atom stereocenters. The number of sulfonamides is 1. The van der Waals surface area contributed by atoms with Crippen molar-refractivity contribution in [3.8, 4) is 5.75 Å². The Morgan fingerprint density at radius 1 is 1.23 bits per heavy atom. The van der Waals surface area contributed by atoms with E-state index < -0.39 is 10.0 Å². The third-order valence-corrected chi connectivity index (χ3v) is 8.94. The van der Waals surface area contributed by atoms with E-state index in [4.69, 9.17) is 16.3 Å². The summed E-state index contributed by atoms with van der Waals surface area (Å²) in [7, 11) is -0.641. The highest BCUT2D eigenvalue weighted by atomic mass is 35.5. The minimum atomic E-state index is -3.71. The number of hydrogen-bond acceptors (Lipinski definition) is 6. The number of hydrogen-bond donors (Lipinski definition) is 1. The number of methoxy groups -OCH3 is 1. The molecule has 2 aromatic rings. The Hall–Kier alpha value is -1.65. The second-order valence-electron chi connectivity index (χ2n) is 7.69. The molecule has 1 aromatic carbocycles. The molecule has 1 saturated heterocycles. The van der Waals surface area contributed by atoms with E-state index in [1.54, 1.807) is 7.11 Å². The topological polar surface area (TPSA) is 79.0 Å². The standard InChI is InChI=1S/C21H28ClN3O4S2/c1-24(31(27,28)21-8-7-19(22)30-21)15-20(26)23-13-16-9-11-25(12-10-16)14-17-3-5-18(29-2)6-4-17/h3-8,16H,9-15H2,1-2H3,(H,23,26). The van der Waals surface area contributed by atoms with Gasteiger partial charge in [0.2, 0.25) is 5.91 Å². The quantitative estimate of drug-likeness (QED) is 0.590. The van der Waals surface area contributed by atoms with E-state index in [0.717, 1.165) is 53.9 Å². The van der Waals surface area contributed by atoms with Crippen LogP contribution in [0.2, 0.25) is 4.34 Å². The predicted molar refractivity (Wildman–Crippen MR) is 123 cm³/mol. The Morgan fingerprint density at radius 2 is 1.90 bits per heavy atom. The van der Waals surface area contributed by atoms with Crippen LogP contribution in [0.4, 0.5) is 0 Å². The number of nitrogens with one attached hydrogen (secondary N) is 1. The van der Waals surface area contributed by atoms with Crippen LogP contribution in [0.3, 0.4) is 0 Å². The Balaban J connectivity index is 1.39. The van der Waals surface area contributed by atoms with Crippen LogP contribution in [0.5, 0.6) is 5.75 Å². The van der Waals surface area contributed by atoms with E-state index in [1.807, 2.05) is 12.1 Å². The third-order valence-electron chi connectivity index (χ3n) is 5.44. The van der Waals surface area contributed by atoms with Crippen molar-refractivity contribution in [1.82, 2.24) is 14.5 Å². The molecule has 3 rings (SSSR count). The van der Waals surface area contributed by atoms with Gasteiger partial charge in [0.25, 0.3) is 10.0 Å². The number of benzene rings is 1. The second-order valence-corrected chi connectivity index (χ2v) is 11.7. The van der Waals surface area contributed by atoms with Gasteiger partial charge in [0.1, 0.15) is 9.96 Å². The van der Waals surface area contributed by atoms with Crippen LogP contribution in [-0.2, 0) is 21.4 Å². The number of halogens is 1. The Kier molecular flexibility index (Phi) is 8.35. The van der Waals surface area contributed by atoms with Gasteiger partial charge in [0.15, 0.2) is 0 Å². The van der Waals surface area contributed by atoms with Gasteiger partial charge >= 0.3 is 0 Å². The molecule has 1 amide bonds. The number of carbonyl (C=O) groups is 1. The first kappa shape index (κ1) is 24.0. The molecule has 0 unspecified atom stereocenters. The van der Waals surface area contributed by atoms with E-state index >= 15 is 0 Å². The highest BCUT2D eigenvalue weighted by Crippen LogP contribution is 2.27. The fourth-order valence-electron chi connectivity index (χ4n) is 3.53. The number of nitrogens with zero attached hydrogens (tertiary/aromatic N) is 2. The average Bonchev–Trinajstić information content (AvgIpc) is 3.21. The van der Waals surface area contributed by atoms with Crippen molar-refractivity contribution in [3.05, 3.63) is 46.3 Å². The van der Waals surface area contributed by atoms with Gasteiger partial charge in [-0.2, -0.15) is 4.31 Å². The number of piperidine rings is 1. The van der Waals surface area contributed by atoms with Crippen LogP contribution >= 0.6 is 22.9 Å². The molecule has 10 heteroatoms. The largest absolute Gasteiger partial charge is 0.497 e. The predicted octanol–water partition coefficient (Wildman–Crippen LogP) is 3.06. The smallest absolute Gasteiger partial charge is 0.252 e. The molecule has 2 heterocycles. The maximum absolute atomic E-state index is 12.5. The first-order valence-corrected chi connectivity index (χ1v) is 12.7. The maximum Gasteiger partial charge on any atom is 0.252 e. The molecule has 1 N–H and O–H groups in total. The maximum atomic E-state index is 12.5. The Bertz CT molecular complexity index is 971. The van der Waals surface area contributed by atoms with Gasteiger partial charge in [0, 0.05) is 20.1 Å². The van der Waals surface area contributed by atoms with Crippen molar-refractivity contribution in [2.45, 2.75) is 23.6 Å². The molecular weight excluding hydrogens is 458 g/mol. The van der Waals surface area contributed by atoms with E-state index in [1.165, 1.54) is 24.7 Å². The number of likely N-dealkylation sites (N-methyl/N-ethyl adjacent to an activating group) is 1. The van der Waals surface area contributed by atoms with Crippen molar-refractivity contribution in [1.29, 1.82) is 0 Å². The van der Waals surface area contributed by atoms with E-state index in [9.17, 15) is 13.2 Å². The van der Waals surface area contributed by atoms with Crippen LogP contribution in [0.1, 0.15) is 18.4 Å². The zero-order chi connectivity index (χ0) is 22.4. The fraction of sp³-hybridized carbons (Fsp3) is 0.476. The van der Waals surface area contributed by atoms with Crippen molar-refractivity contribution in [2.24, 2.45) is 5.92 Å². The van der Waals surface area contributed by atoms with Gasteiger partial charge in [-0.15, -0.1) is 11.3 Å². The number of thiophene rings is 1. The van der Waals surface area contributed by atoms with Crippen molar-refractivity contribution in [3.63, 3.8) is 0 Å². The zero-order valence-corrected chi connectivity index (χ0v) is 20.1. The highest BCUT2D eigenvalue weighted by molar-refractivity contribution is 7.91. The SMILES string of the molecule is COc1ccc(CN2CCC(CNC(=O)CN(C)S(=O)(=O)c3ccc(Cl)s3)CC2)cc1. The summed E-state index contributed by atoms with van der Waals surface area (Å²) in [6, 6.07) is 11.1. The molecule has 31 heavy (non-hydrogen) atoms. The summed E-state index contributed by atoms with van der Waals surface area (Å²) >= 11 is 6.81. The van der Waals surface area contributed by atoms with Crippen LogP contribution < -0.4 is 10.1 Å². The fourth-order valence-corrected chi connectivity index (χ4v) is 6.35. The lowest BCUT2D eigenvalue weighted by Crippen LogP contribution is -2.42. The lowest BCUT2D eigenvalue weighted by molar-refractivity contribution is -0.121. The van der Waals surface area contributed by atoms with Gasteiger partial charge in [-0.25, -0.2) is 8.42 Å². The summed E-state index contributed by atoms with van der Waals surface area (Å²) in [5, 5.41) is 2.89. The number of ether oxygens (including phenoxy) is 1. The summed E-state index contributed by atoms with van der Waals surface area (Å²) in [5.41, 5.74) is 1.25. The van der Waals surface area contributed by atoms with Gasteiger partial charge in [-0.3, -0.25) is 9.69 Å².